The van der Waals surface area contributed by atoms with Gasteiger partial charge in [-0.3, -0.25) is 14.9 Å². The minimum absolute atomic E-state index is 0.0281. The quantitative estimate of drug-likeness (QED) is 0.566. The highest BCUT2D eigenvalue weighted by atomic mass is 16.7. The molecule has 0 spiro atoms. The monoisotopic (exact) mass is 388 g/mol. The van der Waals surface area contributed by atoms with Crippen LogP contribution in [0.1, 0.15) is 76.2 Å². The van der Waals surface area contributed by atoms with Crippen molar-refractivity contribution in [3.63, 3.8) is 0 Å². The molecule has 0 aromatic heterocycles. The molecule has 6 nitrogen and oxygen atoms in total. The molecule has 6 heteroatoms. The number of carbonyl (C=O) groups is 1. The fourth-order valence-corrected chi connectivity index (χ4v) is 4.74. The van der Waals surface area contributed by atoms with E-state index in [1.165, 1.54) is 19.3 Å². The van der Waals surface area contributed by atoms with E-state index in [0.717, 1.165) is 49.8 Å². The van der Waals surface area contributed by atoms with Crippen LogP contribution in [-0.2, 0) is 9.53 Å². The largest absolute Gasteiger partial charge is 0.324 e. The fraction of sp³-hybridized carbons (Fsp3) is 0.682. The number of anilines is 1. The Kier molecular flexibility index (Phi) is 7.05. The highest BCUT2D eigenvalue weighted by Crippen LogP contribution is 2.43. The van der Waals surface area contributed by atoms with Gasteiger partial charge in [-0.25, -0.2) is 0 Å². The number of nitro groups is 1. The summed E-state index contributed by atoms with van der Waals surface area (Å²) < 4.78 is 5.97. The first-order valence-electron chi connectivity index (χ1n) is 10.7. The van der Waals surface area contributed by atoms with Gasteiger partial charge in [0, 0.05) is 12.1 Å². The maximum Gasteiger partial charge on any atom is 0.316 e. The molecule has 1 amide bonds. The van der Waals surface area contributed by atoms with Crippen LogP contribution in [0.3, 0.4) is 0 Å². The molecule has 0 radical (unpaired) electrons. The van der Waals surface area contributed by atoms with Crippen molar-refractivity contribution >= 4 is 11.6 Å². The molecule has 1 aliphatic carbocycles. The van der Waals surface area contributed by atoms with E-state index in [2.05, 4.69) is 5.32 Å². The number of aryl methyl sites for hydroxylation is 1. The predicted molar refractivity (Wildman–Crippen MR) is 109 cm³/mol. The number of ether oxygens (including phenoxy) is 1. The second-order valence-electron chi connectivity index (χ2n) is 8.36. The minimum atomic E-state index is -1.10. The Labute approximate surface area is 167 Å². The van der Waals surface area contributed by atoms with Crippen LogP contribution in [0.2, 0.25) is 0 Å². The molecule has 2 unspecified atom stereocenters. The number of hydrogen-bond acceptors (Lipinski definition) is 4. The lowest BCUT2D eigenvalue weighted by Gasteiger charge is -2.35. The van der Waals surface area contributed by atoms with Crippen LogP contribution in [0, 0.1) is 23.0 Å². The van der Waals surface area contributed by atoms with E-state index in [1.54, 1.807) is 0 Å². The van der Waals surface area contributed by atoms with Crippen LogP contribution in [0.4, 0.5) is 5.69 Å². The first kappa shape index (κ1) is 20.8. The van der Waals surface area contributed by atoms with Gasteiger partial charge in [0.25, 0.3) is 5.91 Å². The predicted octanol–water partition coefficient (Wildman–Crippen LogP) is 5.23. The fourth-order valence-electron chi connectivity index (χ4n) is 4.74. The highest BCUT2D eigenvalue weighted by Gasteiger charge is 2.55. The summed E-state index contributed by atoms with van der Waals surface area (Å²) in [6.07, 6.45) is 9.58. The molecule has 1 heterocycles. The smallest absolute Gasteiger partial charge is 0.316 e. The number of benzene rings is 1. The lowest BCUT2D eigenvalue weighted by molar-refractivity contribution is -0.574. The lowest BCUT2D eigenvalue weighted by atomic mass is 9.77. The molecule has 2 atom stereocenters. The minimum Gasteiger partial charge on any atom is -0.324 e. The van der Waals surface area contributed by atoms with Crippen molar-refractivity contribution in [3.05, 3.63) is 39.9 Å². The molecule has 3 rings (SSSR count). The zero-order valence-electron chi connectivity index (χ0n) is 16.8. The average molecular weight is 389 g/mol. The van der Waals surface area contributed by atoms with Crippen molar-refractivity contribution < 1.29 is 14.5 Å². The SMILES string of the molecule is Cc1cccc(NC(=O)C2(C3CCCCCCCCC3)CCC([N+](=O)[O-])O2)c1. The van der Waals surface area contributed by atoms with Crippen molar-refractivity contribution in [2.75, 3.05) is 5.32 Å². The zero-order valence-corrected chi connectivity index (χ0v) is 16.8. The summed E-state index contributed by atoms with van der Waals surface area (Å²) in [5, 5.41) is 14.4. The van der Waals surface area contributed by atoms with Crippen LogP contribution in [0.25, 0.3) is 0 Å². The summed E-state index contributed by atoms with van der Waals surface area (Å²) in [4.78, 5) is 24.4. The molecule has 1 saturated carbocycles. The van der Waals surface area contributed by atoms with Gasteiger partial charge < -0.3 is 10.1 Å². The Bertz CT molecular complexity index is 683. The Morgan fingerprint density at radius 2 is 1.75 bits per heavy atom. The van der Waals surface area contributed by atoms with E-state index in [9.17, 15) is 14.9 Å². The molecule has 2 fully saturated rings. The van der Waals surface area contributed by atoms with Crippen molar-refractivity contribution in [1.29, 1.82) is 0 Å². The Morgan fingerprint density at radius 3 is 2.32 bits per heavy atom. The van der Waals surface area contributed by atoms with Crippen molar-refractivity contribution in [2.24, 2.45) is 5.92 Å². The van der Waals surface area contributed by atoms with Crippen LogP contribution < -0.4 is 5.32 Å². The van der Waals surface area contributed by atoms with E-state index < -0.39 is 11.8 Å². The number of carbonyl (C=O) groups excluding carboxylic acids is 1. The second-order valence-corrected chi connectivity index (χ2v) is 8.36. The molecule has 1 aromatic carbocycles. The summed E-state index contributed by atoms with van der Waals surface area (Å²) in [6.45, 7) is 1.97. The molecule has 154 valence electrons. The normalized spacial score (nSPS) is 27.2. The van der Waals surface area contributed by atoms with Gasteiger partial charge in [-0.2, -0.15) is 0 Å². The van der Waals surface area contributed by atoms with E-state index in [1.807, 2.05) is 31.2 Å². The van der Waals surface area contributed by atoms with E-state index in [0.29, 0.717) is 12.8 Å². The third-order valence-electron chi connectivity index (χ3n) is 6.27. The number of amides is 1. The highest BCUT2D eigenvalue weighted by molar-refractivity contribution is 5.97. The summed E-state index contributed by atoms with van der Waals surface area (Å²) in [7, 11) is 0. The molecule has 1 saturated heterocycles. The lowest BCUT2D eigenvalue weighted by Crippen LogP contribution is -2.50. The van der Waals surface area contributed by atoms with Crippen LogP contribution in [-0.4, -0.2) is 22.7 Å². The first-order valence-corrected chi connectivity index (χ1v) is 10.7. The Balaban J connectivity index is 1.83. The Morgan fingerprint density at radius 1 is 1.11 bits per heavy atom. The second kappa shape index (κ2) is 9.50. The number of nitrogens with one attached hydrogen (secondary N) is 1. The summed E-state index contributed by atoms with van der Waals surface area (Å²) in [6, 6.07) is 7.64. The maximum absolute atomic E-state index is 13.4. The third kappa shape index (κ3) is 4.90. The standard InChI is InChI=1S/C22H32N2O4/c1-17-10-9-13-19(16-17)23-21(25)22(15-14-20(28-22)24(26)27)18-11-7-5-3-2-4-6-8-12-18/h9-10,13,16,18,20H,2-8,11-12,14-15H2,1H3,(H,23,25). The van der Waals surface area contributed by atoms with Gasteiger partial charge in [0.1, 0.15) is 0 Å². The molecule has 2 aliphatic rings. The molecule has 0 bridgehead atoms. The average Bonchev–Trinajstić information content (AvgIpc) is 3.13. The summed E-state index contributed by atoms with van der Waals surface area (Å²) >= 11 is 0. The first-order chi connectivity index (χ1) is 13.5. The van der Waals surface area contributed by atoms with E-state index in [-0.39, 0.29) is 16.7 Å². The van der Waals surface area contributed by atoms with Gasteiger partial charge in [-0.15, -0.1) is 0 Å². The van der Waals surface area contributed by atoms with E-state index >= 15 is 0 Å². The van der Waals surface area contributed by atoms with Crippen molar-refractivity contribution in [1.82, 2.24) is 0 Å². The van der Waals surface area contributed by atoms with Gasteiger partial charge in [-0.1, -0.05) is 57.1 Å². The van der Waals surface area contributed by atoms with Gasteiger partial charge in [-0.05, 0) is 49.8 Å². The van der Waals surface area contributed by atoms with Gasteiger partial charge >= 0.3 is 6.23 Å². The molecule has 1 aromatic rings. The molecule has 1 aliphatic heterocycles. The third-order valence-corrected chi connectivity index (χ3v) is 6.27. The molecule has 1 N–H and O–H groups in total. The molecular weight excluding hydrogens is 356 g/mol. The number of rotatable bonds is 4. The topological polar surface area (TPSA) is 81.5 Å². The summed E-state index contributed by atoms with van der Waals surface area (Å²) in [5.41, 5.74) is 0.680. The zero-order chi connectivity index (χ0) is 20.0. The van der Waals surface area contributed by atoms with Crippen LogP contribution >= 0.6 is 0 Å². The maximum atomic E-state index is 13.4. The number of nitrogens with zero attached hydrogens (tertiary/aromatic N) is 1. The van der Waals surface area contributed by atoms with Crippen LogP contribution in [0.5, 0.6) is 0 Å². The van der Waals surface area contributed by atoms with E-state index in [4.69, 9.17) is 4.74 Å². The van der Waals surface area contributed by atoms with Gasteiger partial charge in [0.15, 0.2) is 5.60 Å². The molecular formula is C22H32N2O4. The van der Waals surface area contributed by atoms with Crippen molar-refractivity contribution in [2.45, 2.75) is 89.4 Å². The van der Waals surface area contributed by atoms with Gasteiger partial charge in [0.2, 0.25) is 0 Å². The summed E-state index contributed by atoms with van der Waals surface area (Å²) in [5.74, 6) is -0.190. The number of hydrogen-bond donors (Lipinski definition) is 1. The van der Waals surface area contributed by atoms with Crippen LogP contribution in [0.15, 0.2) is 24.3 Å². The van der Waals surface area contributed by atoms with Crippen molar-refractivity contribution in [3.8, 4) is 0 Å². The molecule has 28 heavy (non-hydrogen) atoms. The van der Waals surface area contributed by atoms with Gasteiger partial charge in [0.05, 0.1) is 4.92 Å². The Hall–Kier alpha value is -1.95.